The monoisotopic (exact) mass is 743 g/mol. The predicted octanol–water partition coefficient (Wildman–Crippen LogP) is 13.0. The number of rotatable bonds is 5. The lowest BCUT2D eigenvalue weighted by atomic mass is 9.89. The third kappa shape index (κ3) is 4.74. The van der Waals surface area contributed by atoms with E-state index in [1.165, 1.54) is 6.07 Å². The fourth-order valence-corrected chi connectivity index (χ4v) is 8.00. The van der Waals surface area contributed by atoms with Crippen LogP contribution < -0.4 is 0 Å². The average molecular weight is 744 g/mol. The first kappa shape index (κ1) is 20.7. The van der Waals surface area contributed by atoms with Crippen LogP contribution in [0, 0.1) is 0 Å². The largest absolute Gasteiger partial charge is 0.455 e. The molecule has 0 bridgehead atoms. The van der Waals surface area contributed by atoms with Crippen LogP contribution in [0.15, 0.2) is 192 Å². The number of hydrogen-bond acceptors (Lipinski definition) is 4. The summed E-state index contributed by atoms with van der Waals surface area (Å²) in [6.45, 7) is 0. The molecule has 12 rings (SSSR count). The first-order valence-corrected chi connectivity index (χ1v) is 18.0. The van der Waals surface area contributed by atoms with Crippen molar-refractivity contribution >= 4 is 65.6 Å². The van der Waals surface area contributed by atoms with Gasteiger partial charge in [0.05, 0.1) is 41.3 Å². The highest BCUT2D eigenvalue weighted by atomic mass is 16.3. The van der Waals surface area contributed by atoms with E-state index in [2.05, 4.69) is 0 Å². The number of aromatic nitrogens is 5. The van der Waals surface area contributed by atoms with Crippen molar-refractivity contribution in [1.29, 1.82) is 0 Å². The van der Waals surface area contributed by atoms with Gasteiger partial charge >= 0.3 is 0 Å². The molecule has 8 aromatic carbocycles. The lowest BCUT2D eigenvalue weighted by molar-refractivity contribution is 0.670. The molecule has 0 aliphatic heterocycles. The van der Waals surface area contributed by atoms with Gasteiger partial charge in [0.15, 0.2) is 5.82 Å². The van der Waals surface area contributed by atoms with Gasteiger partial charge in [-0.1, -0.05) is 151 Å². The molecule has 0 N–H and O–H groups in total. The van der Waals surface area contributed by atoms with Crippen molar-refractivity contribution in [2.45, 2.75) is 0 Å². The topological polar surface area (TPSA) is 61.7 Å². The first-order valence-electron chi connectivity index (χ1n) is 25.0. The van der Waals surface area contributed by atoms with Gasteiger partial charge in [-0.3, -0.25) is 9.13 Å². The van der Waals surface area contributed by atoms with Gasteiger partial charge in [-0.25, -0.2) is 0 Å². The van der Waals surface area contributed by atoms with Gasteiger partial charge in [0.1, 0.15) is 11.2 Å². The Hall–Kier alpha value is -7.83. The Bertz CT molecular complexity index is 4080. The summed E-state index contributed by atoms with van der Waals surface area (Å²) >= 11 is 0. The number of furan rings is 1. The van der Waals surface area contributed by atoms with E-state index in [9.17, 15) is 5.48 Å². The van der Waals surface area contributed by atoms with Gasteiger partial charge < -0.3 is 4.42 Å². The summed E-state index contributed by atoms with van der Waals surface area (Å²) in [5.74, 6) is -0.195. The molecule has 0 fully saturated rings. The molecule has 0 saturated heterocycles. The lowest BCUT2D eigenvalue weighted by Gasteiger charge is -2.18. The molecule has 4 heterocycles. The van der Waals surface area contributed by atoms with Crippen molar-refractivity contribution in [1.82, 2.24) is 24.1 Å². The molecule has 4 aromatic heterocycles. The van der Waals surface area contributed by atoms with Gasteiger partial charge in [0.2, 0.25) is 11.9 Å². The number of fused-ring (bicyclic) bond motifs is 9. The van der Waals surface area contributed by atoms with E-state index in [0.29, 0.717) is 22.1 Å². The van der Waals surface area contributed by atoms with Crippen molar-refractivity contribution < 1.29 is 23.6 Å². The van der Waals surface area contributed by atoms with Crippen LogP contribution in [0.1, 0.15) is 19.2 Å². The maximum absolute atomic E-state index is 9.46. The van der Waals surface area contributed by atoms with E-state index in [0.717, 1.165) is 21.5 Å². The van der Waals surface area contributed by atoms with Gasteiger partial charge in [0, 0.05) is 43.4 Å². The number of para-hydroxylation sites is 5. The van der Waals surface area contributed by atoms with Crippen molar-refractivity contribution in [3.05, 3.63) is 188 Å². The molecule has 0 aliphatic rings. The highest BCUT2D eigenvalue weighted by Crippen LogP contribution is 2.47. The Kier molecular flexibility index (Phi) is 4.49. The van der Waals surface area contributed by atoms with Crippen LogP contribution in [-0.2, 0) is 0 Å². The van der Waals surface area contributed by atoms with E-state index in [4.69, 9.17) is 33.1 Å². The van der Waals surface area contributed by atoms with Crippen molar-refractivity contribution in [2.75, 3.05) is 0 Å². The molecule has 0 radical (unpaired) electrons. The molecule has 0 aliphatic carbocycles. The smallest absolute Gasteiger partial charge is 0.240 e. The molecule has 0 spiro atoms. The predicted molar refractivity (Wildman–Crippen MR) is 232 cm³/mol. The highest BCUT2D eigenvalue weighted by Gasteiger charge is 2.27. The quantitative estimate of drug-likeness (QED) is 0.176. The highest BCUT2D eigenvalue weighted by molar-refractivity contribution is 6.16. The number of hydrogen-bond donors (Lipinski definition) is 0. The Balaban J connectivity index is 1.37. The van der Waals surface area contributed by atoms with Crippen LogP contribution in [0.2, 0.25) is 0 Å². The molecule has 6 heteroatoms. The van der Waals surface area contributed by atoms with Gasteiger partial charge in [-0.2, -0.15) is 15.0 Å². The summed E-state index contributed by atoms with van der Waals surface area (Å²) in [7, 11) is 0. The van der Waals surface area contributed by atoms with Crippen LogP contribution in [0.4, 0.5) is 0 Å². The number of benzene rings is 8. The van der Waals surface area contributed by atoms with E-state index in [1.807, 2.05) is 106 Å². The standard InChI is InChI=1S/C51H31N5O/c1-3-17-32(18-4-1)39-31-40-38-25-11-16-30-45(38)57-48(40)46(33-19-5-2-6-20-33)47(39)49-52-50(55-41-26-12-7-21-34(41)35-22-8-13-27-42(35)55)54-51(53-49)56-43-28-14-9-23-36(43)37-24-10-15-29-44(37)56/h1-31H/i1D,2D,3D,4D,5D,6D,11D,16D,17D,18D,19D,20D,25D,30D. The summed E-state index contributed by atoms with van der Waals surface area (Å²) in [4.78, 5) is 15.6. The minimum Gasteiger partial charge on any atom is -0.455 e. The Labute approximate surface area is 346 Å². The normalized spacial score (nSPS) is 15.3. The van der Waals surface area contributed by atoms with Gasteiger partial charge in [0.25, 0.3) is 0 Å². The molecule has 0 amide bonds. The van der Waals surface area contributed by atoms with Crippen molar-refractivity contribution in [3.8, 4) is 45.5 Å². The third-order valence-corrected chi connectivity index (χ3v) is 10.3. The molecule has 0 atom stereocenters. The van der Waals surface area contributed by atoms with Crippen LogP contribution in [0.25, 0.3) is 111 Å². The van der Waals surface area contributed by atoms with Crippen LogP contribution >= 0.6 is 0 Å². The zero-order chi connectivity index (χ0) is 49.6. The van der Waals surface area contributed by atoms with E-state index < -0.39 is 95.7 Å². The maximum atomic E-state index is 9.46. The Morgan fingerprint density at radius 2 is 0.877 bits per heavy atom. The molecular formula is C51H31N5O. The van der Waals surface area contributed by atoms with Crippen LogP contribution in [-0.4, -0.2) is 24.1 Å². The molecule has 0 saturated carbocycles. The lowest BCUT2D eigenvalue weighted by Crippen LogP contribution is -2.11. The zero-order valence-corrected chi connectivity index (χ0v) is 29.5. The van der Waals surface area contributed by atoms with Gasteiger partial charge in [-0.05, 0) is 53.1 Å². The van der Waals surface area contributed by atoms with Crippen molar-refractivity contribution in [2.24, 2.45) is 0 Å². The third-order valence-electron chi connectivity index (χ3n) is 10.3. The van der Waals surface area contributed by atoms with E-state index in [-0.39, 0.29) is 56.3 Å². The minimum atomic E-state index is -0.749. The number of nitrogens with zero attached hydrogens (tertiary/aromatic N) is 5. The summed E-state index contributed by atoms with van der Waals surface area (Å²) in [5, 5.41) is 3.16. The van der Waals surface area contributed by atoms with Gasteiger partial charge in [-0.15, -0.1) is 0 Å². The first-order chi connectivity index (χ1) is 34.1. The van der Waals surface area contributed by atoms with Crippen LogP contribution in [0.3, 0.4) is 0 Å². The second kappa shape index (κ2) is 12.3. The average Bonchev–Trinajstić information content (AvgIpc) is 4.05. The van der Waals surface area contributed by atoms with E-state index >= 15 is 0 Å². The van der Waals surface area contributed by atoms with Crippen molar-refractivity contribution in [3.63, 3.8) is 0 Å². The molecule has 0 unspecified atom stereocenters. The fraction of sp³-hybridized carbons (Fsp3) is 0. The minimum absolute atomic E-state index is 0.0348. The molecule has 57 heavy (non-hydrogen) atoms. The molecule has 6 nitrogen and oxygen atoms in total. The second-order valence-corrected chi connectivity index (χ2v) is 13.4. The summed E-state index contributed by atoms with van der Waals surface area (Å²) in [5.41, 5.74) is 0.476. The molecular weight excluding hydrogens is 699 g/mol. The zero-order valence-electron chi connectivity index (χ0n) is 43.5. The second-order valence-electron chi connectivity index (χ2n) is 13.4. The Morgan fingerprint density at radius 3 is 1.40 bits per heavy atom. The maximum Gasteiger partial charge on any atom is 0.240 e. The van der Waals surface area contributed by atoms with E-state index in [1.54, 1.807) is 0 Å². The summed E-state index contributed by atoms with van der Waals surface area (Å²) < 4.78 is 136. The summed E-state index contributed by atoms with van der Waals surface area (Å²) in [6, 6.07) is 22.2. The summed E-state index contributed by atoms with van der Waals surface area (Å²) in [6.07, 6.45) is 0. The Morgan fingerprint density at radius 1 is 0.421 bits per heavy atom. The van der Waals surface area contributed by atoms with Crippen LogP contribution in [0.5, 0.6) is 0 Å². The fourth-order valence-electron chi connectivity index (χ4n) is 8.00. The molecule has 12 aromatic rings. The molecule has 266 valence electrons. The SMILES string of the molecule is [2H]c1c([2H])c([2H])c(-c2cc3c(oc4c([2H])c([2H])c([2H])c([2H])c43)c(-c3c([2H])c([2H])c([2H])c([2H])c3[2H])c2-c2nc(-n3c4ccccc4c4ccccc43)nc(-n3c4ccccc4c4ccccc43)n2)c([2H])c1[2H].